The van der Waals surface area contributed by atoms with Crippen LogP contribution in [0.25, 0.3) is 0 Å². The first-order chi connectivity index (χ1) is 8.22. The number of benzene rings is 1. The lowest BCUT2D eigenvalue weighted by Crippen LogP contribution is -2.03. The summed E-state index contributed by atoms with van der Waals surface area (Å²) in [7, 11) is 1.56. The van der Waals surface area contributed by atoms with Gasteiger partial charge in [-0.2, -0.15) is 0 Å². The van der Waals surface area contributed by atoms with E-state index in [4.69, 9.17) is 4.74 Å². The predicted molar refractivity (Wildman–Crippen MR) is 65.9 cm³/mol. The maximum atomic E-state index is 13.4. The minimum atomic E-state index is -0.734. The van der Waals surface area contributed by atoms with Crippen LogP contribution in [-0.4, -0.2) is 12.2 Å². The summed E-state index contributed by atoms with van der Waals surface area (Å²) in [5.74, 6) is 0.362. The van der Waals surface area contributed by atoms with Crippen molar-refractivity contribution >= 4 is 11.3 Å². The zero-order valence-corrected chi connectivity index (χ0v) is 10.2. The van der Waals surface area contributed by atoms with Crippen LogP contribution >= 0.6 is 11.3 Å². The number of rotatable bonds is 4. The highest BCUT2D eigenvalue weighted by molar-refractivity contribution is 7.10. The molecule has 1 aromatic carbocycles. The van der Waals surface area contributed by atoms with Gasteiger partial charge in [-0.05, 0) is 23.1 Å². The summed E-state index contributed by atoms with van der Waals surface area (Å²) in [5, 5.41) is 11.9. The zero-order chi connectivity index (χ0) is 12.3. The Hall–Kier alpha value is -1.39. The molecule has 0 aliphatic carbocycles. The Kier molecular flexibility index (Phi) is 3.76. The summed E-state index contributed by atoms with van der Waals surface area (Å²) in [6, 6.07) is 8.27. The number of ether oxygens (including phenoxy) is 1. The van der Waals surface area contributed by atoms with Gasteiger partial charge in [-0.3, -0.25) is 0 Å². The van der Waals surface area contributed by atoms with E-state index in [1.54, 1.807) is 31.4 Å². The summed E-state index contributed by atoms with van der Waals surface area (Å²) in [4.78, 5) is 0.732. The Morgan fingerprint density at radius 2 is 2.12 bits per heavy atom. The van der Waals surface area contributed by atoms with Crippen LogP contribution in [0.15, 0.2) is 35.7 Å². The van der Waals surface area contributed by atoms with Crippen molar-refractivity contribution in [2.45, 2.75) is 12.5 Å². The Morgan fingerprint density at radius 3 is 2.82 bits per heavy atom. The third-order valence-electron chi connectivity index (χ3n) is 2.55. The molecule has 0 spiro atoms. The van der Waals surface area contributed by atoms with Crippen LogP contribution in [0.1, 0.15) is 16.5 Å². The van der Waals surface area contributed by atoms with Crippen LogP contribution in [0, 0.1) is 5.82 Å². The molecule has 0 amide bonds. The fourth-order valence-corrected chi connectivity index (χ4v) is 2.53. The van der Waals surface area contributed by atoms with Crippen molar-refractivity contribution in [1.82, 2.24) is 0 Å². The summed E-state index contributed by atoms with van der Waals surface area (Å²) in [6.07, 6.45) is -0.481. The molecule has 0 bridgehead atoms. The number of thiophene rings is 1. The molecule has 17 heavy (non-hydrogen) atoms. The van der Waals surface area contributed by atoms with E-state index in [1.165, 1.54) is 17.4 Å². The third kappa shape index (κ3) is 2.65. The second-order valence-electron chi connectivity index (χ2n) is 3.66. The number of methoxy groups -OCH3 is 1. The van der Waals surface area contributed by atoms with Gasteiger partial charge in [0.1, 0.15) is 11.6 Å². The molecule has 2 aromatic rings. The number of hydrogen-bond acceptors (Lipinski definition) is 3. The fourth-order valence-electron chi connectivity index (χ4n) is 1.69. The highest BCUT2D eigenvalue weighted by atomic mass is 32.1. The summed E-state index contributed by atoms with van der Waals surface area (Å²) in [5.41, 5.74) is 0.510. The highest BCUT2D eigenvalue weighted by Crippen LogP contribution is 2.32. The van der Waals surface area contributed by atoms with Crippen molar-refractivity contribution in [2.75, 3.05) is 7.11 Å². The van der Waals surface area contributed by atoms with Gasteiger partial charge >= 0.3 is 0 Å². The van der Waals surface area contributed by atoms with Crippen molar-refractivity contribution in [2.24, 2.45) is 0 Å². The molecule has 1 N–H and O–H groups in total. The van der Waals surface area contributed by atoms with Crippen LogP contribution in [0.2, 0.25) is 0 Å². The van der Waals surface area contributed by atoms with Gasteiger partial charge in [0.15, 0.2) is 0 Å². The van der Waals surface area contributed by atoms with E-state index in [0.717, 1.165) is 4.88 Å². The molecular formula is C13H13FO2S. The standard InChI is InChI=1S/C13H13FO2S/c1-16-12-6-7-17-13(12)11(15)8-9-4-2-3-5-10(9)14/h2-7,11,15H,8H2,1H3. The van der Waals surface area contributed by atoms with E-state index < -0.39 is 6.10 Å². The van der Waals surface area contributed by atoms with Crippen LogP contribution in [0.4, 0.5) is 4.39 Å². The molecule has 2 nitrogen and oxygen atoms in total. The lowest BCUT2D eigenvalue weighted by Gasteiger charge is -2.11. The van der Waals surface area contributed by atoms with Gasteiger partial charge in [-0.15, -0.1) is 11.3 Å². The van der Waals surface area contributed by atoms with Crippen molar-refractivity contribution in [3.63, 3.8) is 0 Å². The summed E-state index contributed by atoms with van der Waals surface area (Å²) in [6.45, 7) is 0. The normalized spacial score (nSPS) is 12.4. The average Bonchev–Trinajstić information content (AvgIpc) is 2.80. The molecule has 0 radical (unpaired) electrons. The summed E-state index contributed by atoms with van der Waals surface area (Å²) >= 11 is 1.41. The molecule has 0 saturated heterocycles. The Bertz CT molecular complexity index is 496. The smallest absolute Gasteiger partial charge is 0.135 e. The first-order valence-corrected chi connectivity index (χ1v) is 6.13. The topological polar surface area (TPSA) is 29.5 Å². The van der Waals surface area contributed by atoms with E-state index >= 15 is 0 Å². The van der Waals surface area contributed by atoms with Crippen LogP contribution in [0.3, 0.4) is 0 Å². The first kappa shape index (κ1) is 12.1. The Labute approximate surface area is 103 Å². The van der Waals surface area contributed by atoms with Crippen LogP contribution in [0.5, 0.6) is 5.75 Å². The maximum Gasteiger partial charge on any atom is 0.135 e. The summed E-state index contributed by atoms with van der Waals surface area (Å²) < 4.78 is 18.6. The maximum absolute atomic E-state index is 13.4. The first-order valence-electron chi connectivity index (χ1n) is 5.25. The number of hydrogen-bond donors (Lipinski definition) is 1. The van der Waals surface area contributed by atoms with Gasteiger partial charge in [0, 0.05) is 6.42 Å². The van der Waals surface area contributed by atoms with E-state index in [9.17, 15) is 9.50 Å². The average molecular weight is 252 g/mol. The molecule has 2 rings (SSSR count). The zero-order valence-electron chi connectivity index (χ0n) is 9.39. The molecule has 0 fully saturated rings. The van der Waals surface area contributed by atoms with E-state index in [-0.39, 0.29) is 12.2 Å². The van der Waals surface area contributed by atoms with Crippen molar-refractivity contribution in [3.8, 4) is 5.75 Å². The highest BCUT2D eigenvalue weighted by Gasteiger charge is 2.16. The Balaban J connectivity index is 2.17. The molecule has 1 aromatic heterocycles. The number of aliphatic hydroxyl groups is 1. The molecule has 90 valence electrons. The second-order valence-corrected chi connectivity index (χ2v) is 4.61. The van der Waals surface area contributed by atoms with E-state index in [1.807, 2.05) is 5.38 Å². The second kappa shape index (κ2) is 5.29. The molecule has 0 saturated carbocycles. The quantitative estimate of drug-likeness (QED) is 0.905. The van der Waals surface area contributed by atoms with Gasteiger partial charge < -0.3 is 9.84 Å². The molecule has 0 aliphatic rings. The third-order valence-corrected chi connectivity index (χ3v) is 3.55. The predicted octanol–water partition coefficient (Wildman–Crippen LogP) is 3.17. The van der Waals surface area contributed by atoms with Gasteiger partial charge in [0.05, 0.1) is 18.1 Å². The van der Waals surface area contributed by atoms with E-state index in [2.05, 4.69) is 0 Å². The Morgan fingerprint density at radius 1 is 1.35 bits per heavy atom. The van der Waals surface area contributed by atoms with Crippen molar-refractivity contribution < 1.29 is 14.2 Å². The SMILES string of the molecule is COc1ccsc1C(O)Cc1ccccc1F. The molecule has 1 heterocycles. The number of halogens is 1. The van der Waals surface area contributed by atoms with Gasteiger partial charge in [-0.25, -0.2) is 4.39 Å². The van der Waals surface area contributed by atoms with Crippen LogP contribution < -0.4 is 4.74 Å². The van der Waals surface area contributed by atoms with E-state index in [0.29, 0.717) is 11.3 Å². The lowest BCUT2D eigenvalue weighted by atomic mass is 10.1. The number of aliphatic hydroxyl groups excluding tert-OH is 1. The lowest BCUT2D eigenvalue weighted by molar-refractivity contribution is 0.177. The fraction of sp³-hybridized carbons (Fsp3) is 0.231. The van der Waals surface area contributed by atoms with Gasteiger partial charge in [-0.1, -0.05) is 18.2 Å². The monoisotopic (exact) mass is 252 g/mol. The van der Waals surface area contributed by atoms with Gasteiger partial charge in [0.2, 0.25) is 0 Å². The minimum absolute atomic E-state index is 0.254. The molecule has 0 aliphatic heterocycles. The largest absolute Gasteiger partial charge is 0.495 e. The molecule has 1 atom stereocenters. The van der Waals surface area contributed by atoms with Crippen LogP contribution in [-0.2, 0) is 6.42 Å². The molecule has 4 heteroatoms. The minimum Gasteiger partial charge on any atom is -0.495 e. The van der Waals surface area contributed by atoms with Crippen molar-refractivity contribution in [1.29, 1.82) is 0 Å². The molecular weight excluding hydrogens is 239 g/mol. The molecule has 1 unspecified atom stereocenters. The van der Waals surface area contributed by atoms with Gasteiger partial charge in [0.25, 0.3) is 0 Å². The van der Waals surface area contributed by atoms with Crippen molar-refractivity contribution in [3.05, 3.63) is 52.0 Å².